The average Bonchev–Trinajstić information content (AvgIpc) is 4.08. The third kappa shape index (κ3) is 0.834. The van der Waals surface area contributed by atoms with E-state index in [-0.39, 0.29) is 10.8 Å². The molecule has 0 aromatic heterocycles. The van der Waals surface area contributed by atoms with Crippen molar-refractivity contribution in [3.8, 4) is 0 Å². The minimum atomic E-state index is -5.23. The maximum atomic E-state index is 2.90. The third-order valence-corrected chi connectivity index (χ3v) is 145. The van der Waals surface area contributed by atoms with Crippen LogP contribution in [0.2, 0.25) is 47.5 Å². The van der Waals surface area contributed by atoms with Crippen molar-refractivity contribution in [3.63, 3.8) is 0 Å². The van der Waals surface area contributed by atoms with Gasteiger partial charge in [0.05, 0.1) is 0 Å². The van der Waals surface area contributed by atoms with Crippen molar-refractivity contribution >= 4 is 53.6 Å². The van der Waals surface area contributed by atoms with Crippen molar-refractivity contribution in [1.29, 1.82) is 0 Å². The minimum absolute atomic E-state index is 0.109. The molecule has 10 fully saturated rings. The molecule has 7 atom stereocenters. The van der Waals surface area contributed by atoms with Crippen LogP contribution in [0.1, 0.15) is 25.0 Å². The van der Waals surface area contributed by atoms with Gasteiger partial charge in [0.25, 0.3) is 0 Å². The second-order valence-corrected chi connectivity index (χ2v) is 81.4. The van der Waals surface area contributed by atoms with Crippen LogP contribution in [-0.2, 0) is 22.2 Å². The number of benzene rings is 6. The number of fused-ring (bicyclic) bond motifs is 14. The van der Waals surface area contributed by atoms with Crippen molar-refractivity contribution < 1.29 is 11.4 Å². The van der Waals surface area contributed by atoms with Crippen LogP contribution in [0.4, 0.5) is 0 Å². The molecule has 1 spiro atoms. The maximum absolute atomic E-state index is 5.23. The standard InChI is InChI=1S/C47H39Si.C5H5.Zr/c1-46(40-25-13-19-31-15-5-9-21-35(31)40)29-33-17-7-11-23-37(33)44(46)39-27-28-42(48(3)4)43(39)45-38-24-12-8-18-34(38)30-47(45,2)41-26-14-20-32-16-6-10-22-36(32)41;1-2-4-5-3-1;/h5-30,48H,1-4H3;1-5H;. The van der Waals surface area contributed by atoms with E-state index >= 15 is 0 Å². The van der Waals surface area contributed by atoms with Crippen LogP contribution in [0.3, 0.4) is 0 Å². The molecular formula is C52H44SiZr. The first-order valence-corrected chi connectivity index (χ1v) is 38.3. The van der Waals surface area contributed by atoms with E-state index in [2.05, 4.69) is 173 Å². The van der Waals surface area contributed by atoms with Crippen LogP contribution in [0.15, 0.2) is 133 Å². The van der Waals surface area contributed by atoms with Crippen LogP contribution < -0.4 is 20.9 Å². The molecule has 0 radical (unpaired) electrons. The van der Waals surface area contributed by atoms with Gasteiger partial charge in [-0.05, 0) is 0 Å². The van der Waals surface area contributed by atoms with E-state index in [1.54, 1.807) is 21.6 Å². The van der Waals surface area contributed by atoms with Crippen LogP contribution in [0, 0.1) is 0 Å². The molecule has 260 valence electrons. The van der Waals surface area contributed by atoms with Gasteiger partial charge >= 0.3 is 303 Å². The van der Waals surface area contributed by atoms with Crippen LogP contribution >= 0.6 is 0 Å². The molecule has 18 rings (SSSR count). The molecule has 2 aliphatic carbocycles. The zero-order valence-corrected chi connectivity index (χ0v) is 35.1. The van der Waals surface area contributed by atoms with Crippen LogP contribution in [0.5, 0.6) is 0 Å². The molecule has 10 saturated heterocycles. The molecule has 6 aromatic carbocycles. The van der Waals surface area contributed by atoms with Gasteiger partial charge in [-0.1, -0.05) is 0 Å². The Kier molecular flexibility index (Phi) is 2.41. The van der Waals surface area contributed by atoms with E-state index in [0.29, 0.717) is 6.25 Å². The van der Waals surface area contributed by atoms with E-state index in [1.807, 2.05) is 11.1 Å². The summed E-state index contributed by atoms with van der Waals surface area (Å²) in [6.07, 6.45) is 5.61. The van der Waals surface area contributed by atoms with E-state index in [9.17, 15) is 0 Å². The fourth-order valence-corrected chi connectivity index (χ4v) is 313. The normalized spacial score (nSPS) is 55.8. The second kappa shape index (κ2) is 4.80. The Morgan fingerprint density at radius 2 is 0.926 bits per heavy atom. The Bertz CT molecular complexity index is 3700. The van der Waals surface area contributed by atoms with Gasteiger partial charge in [0.15, 0.2) is 0 Å². The fraction of sp³-hybridized carbons (Fsp3) is 0.308. The Morgan fingerprint density at radius 3 is 1.44 bits per heavy atom. The molecule has 0 nitrogen and oxygen atoms in total. The summed E-state index contributed by atoms with van der Waals surface area (Å²) in [6.45, 7) is 11.2. The first-order chi connectivity index (χ1) is 26.1. The molecule has 2 heteroatoms. The Balaban J connectivity index is 1.06. The van der Waals surface area contributed by atoms with Crippen molar-refractivity contribution in [1.82, 2.24) is 0 Å². The van der Waals surface area contributed by atoms with Gasteiger partial charge in [-0.15, -0.1) is 0 Å². The molecular weight excluding hydrogens is 744 g/mol. The van der Waals surface area contributed by atoms with E-state index in [4.69, 9.17) is 0 Å². The Hall–Kier alpha value is -3.58. The molecule has 10 aliphatic heterocycles. The van der Waals surface area contributed by atoms with Gasteiger partial charge in [-0.25, -0.2) is 0 Å². The summed E-state index contributed by atoms with van der Waals surface area (Å²) in [5, 5.41) is 12.1. The van der Waals surface area contributed by atoms with Crippen molar-refractivity contribution in [2.75, 3.05) is 0 Å². The van der Waals surface area contributed by atoms with Gasteiger partial charge < -0.3 is 0 Å². The van der Waals surface area contributed by atoms with Gasteiger partial charge in [-0.3, -0.25) is 0 Å². The van der Waals surface area contributed by atoms with Crippen LogP contribution in [0.25, 0.3) is 44.8 Å². The van der Waals surface area contributed by atoms with Gasteiger partial charge in [-0.2, -0.15) is 0 Å². The van der Waals surface area contributed by atoms with E-state index < -0.39 is 20.2 Å². The average molecular weight is 788 g/mol. The SMILES string of the molecule is C[SiH](C)[C]12[CH]3[CH]4[C]5(C6=c7ccccc7=CC6(C)c6cccc7ccccc67)[C]1(C1=c6ccccc6=CC1(C)c1cccc6ccccc16)[Zr]43521678[CH]2[CH]1[CH]6[CH]7[CH]28. The van der Waals surface area contributed by atoms with Crippen LogP contribution in [-0.4, -0.2) is 8.80 Å². The van der Waals surface area contributed by atoms with Gasteiger partial charge in [0.2, 0.25) is 0 Å². The monoisotopic (exact) mass is 786 g/mol. The summed E-state index contributed by atoms with van der Waals surface area (Å²) in [5.41, 5.74) is 6.90. The molecule has 12 aliphatic rings. The molecule has 0 bridgehead atoms. The third-order valence-electron chi connectivity index (χ3n) is 31.6. The van der Waals surface area contributed by atoms with Crippen molar-refractivity contribution in [2.24, 2.45) is 0 Å². The number of hydrogen-bond donors (Lipinski definition) is 0. The number of hydrogen-bond acceptors (Lipinski definition) is 0. The van der Waals surface area contributed by atoms with Gasteiger partial charge in [0.1, 0.15) is 0 Å². The predicted octanol–water partition coefficient (Wildman–Crippen LogP) is 10.0. The zero-order valence-electron chi connectivity index (χ0n) is 31.5. The summed E-state index contributed by atoms with van der Waals surface area (Å²) < 4.78 is 9.99. The predicted molar refractivity (Wildman–Crippen MR) is 223 cm³/mol. The fourth-order valence-electron chi connectivity index (χ4n) is 36.9. The first kappa shape index (κ1) is 27.1. The second-order valence-electron chi connectivity index (χ2n) is 25.7. The van der Waals surface area contributed by atoms with E-state index in [1.165, 1.54) is 53.7 Å². The molecule has 54 heavy (non-hydrogen) atoms. The molecule has 0 saturated carbocycles. The zero-order chi connectivity index (χ0) is 35.3. The molecule has 6 aromatic rings. The quantitative estimate of drug-likeness (QED) is 0.153. The summed E-state index contributed by atoms with van der Waals surface area (Å²) in [7, 11) is -1.08. The van der Waals surface area contributed by atoms with E-state index in [0.717, 1.165) is 6.37 Å². The summed E-state index contributed by atoms with van der Waals surface area (Å²) in [5.74, 6) is 0. The Morgan fingerprint density at radius 1 is 0.481 bits per heavy atom. The first-order valence-electron chi connectivity index (χ1n) is 21.7. The Labute approximate surface area is 300 Å². The summed E-state index contributed by atoms with van der Waals surface area (Å²) >= 11 is -5.23. The number of rotatable bonds is 5. The molecule has 7 unspecified atom stereocenters. The molecule has 0 amide bonds. The topological polar surface area (TPSA) is 0 Å². The van der Waals surface area contributed by atoms with Gasteiger partial charge in [0, 0.05) is 0 Å². The van der Waals surface area contributed by atoms with Crippen molar-refractivity contribution in [2.45, 2.75) is 72.1 Å². The molecule has 10 heterocycles. The van der Waals surface area contributed by atoms with Crippen molar-refractivity contribution in [3.05, 3.63) is 165 Å². The molecule has 0 N–H and O–H groups in total. The summed E-state index contributed by atoms with van der Waals surface area (Å²) in [4.78, 5) is 0. The summed E-state index contributed by atoms with van der Waals surface area (Å²) in [6, 6.07) is 53.0.